The topological polar surface area (TPSA) is 78.7 Å². The average Bonchev–Trinajstić information content (AvgIpc) is 3.12. The fourth-order valence-electron chi connectivity index (χ4n) is 1.59. The van der Waals surface area contributed by atoms with Gasteiger partial charge < -0.3 is 9.47 Å². The van der Waals surface area contributed by atoms with E-state index in [1.165, 1.54) is 7.11 Å². The molecule has 6 nitrogen and oxygen atoms in total. The highest BCUT2D eigenvalue weighted by atomic mass is 35.5. The molecule has 0 radical (unpaired) electrons. The lowest BCUT2D eigenvalue weighted by Gasteiger charge is -2.16. The van der Waals surface area contributed by atoms with Crippen LogP contribution in [0.25, 0.3) is 0 Å². The number of nitro benzene ring substituents is 1. The van der Waals surface area contributed by atoms with Crippen molar-refractivity contribution >= 4 is 23.3 Å². The van der Waals surface area contributed by atoms with Crippen molar-refractivity contribution in [2.24, 2.45) is 0 Å². The van der Waals surface area contributed by atoms with Gasteiger partial charge in [0.1, 0.15) is 5.75 Å². The van der Waals surface area contributed by atoms with E-state index in [2.05, 4.69) is 4.74 Å². The largest absolute Gasteiger partial charge is 0.474 e. The van der Waals surface area contributed by atoms with Gasteiger partial charge in [-0.2, -0.15) is 4.39 Å². The zero-order valence-electron chi connectivity index (χ0n) is 9.81. The highest BCUT2D eigenvalue weighted by Gasteiger charge is 2.54. The molecule has 0 heterocycles. The van der Waals surface area contributed by atoms with Gasteiger partial charge in [0.15, 0.2) is 0 Å². The zero-order valence-corrected chi connectivity index (χ0v) is 10.6. The summed E-state index contributed by atoms with van der Waals surface area (Å²) < 4.78 is 23.2. The Morgan fingerprint density at radius 1 is 1.53 bits per heavy atom. The molecule has 1 aromatic rings. The molecule has 1 fully saturated rings. The smallest absolute Gasteiger partial charge is 0.350 e. The molecule has 0 atom stereocenters. The second-order valence-corrected chi connectivity index (χ2v) is 4.49. The molecule has 19 heavy (non-hydrogen) atoms. The van der Waals surface area contributed by atoms with Crippen molar-refractivity contribution in [3.05, 3.63) is 33.1 Å². The van der Waals surface area contributed by atoms with E-state index in [0.717, 1.165) is 12.1 Å². The second-order valence-electron chi connectivity index (χ2n) is 4.08. The number of hydrogen-bond acceptors (Lipinski definition) is 5. The fourth-order valence-corrected chi connectivity index (χ4v) is 1.78. The van der Waals surface area contributed by atoms with Gasteiger partial charge in [-0.25, -0.2) is 4.79 Å². The van der Waals surface area contributed by atoms with E-state index >= 15 is 0 Å². The van der Waals surface area contributed by atoms with Crippen LogP contribution >= 0.6 is 11.6 Å². The molecule has 1 aromatic carbocycles. The van der Waals surface area contributed by atoms with Crippen molar-refractivity contribution in [3.8, 4) is 5.75 Å². The molecule has 1 aliphatic carbocycles. The third-order valence-electron chi connectivity index (χ3n) is 2.76. The molecule has 0 aromatic heterocycles. The van der Waals surface area contributed by atoms with Crippen LogP contribution in [0, 0.1) is 15.9 Å². The van der Waals surface area contributed by atoms with E-state index in [9.17, 15) is 19.3 Å². The average molecular weight is 290 g/mol. The first-order chi connectivity index (χ1) is 8.89. The number of nitro groups is 1. The number of methoxy groups -OCH3 is 1. The van der Waals surface area contributed by atoms with Gasteiger partial charge in [-0.3, -0.25) is 10.1 Å². The van der Waals surface area contributed by atoms with Crippen molar-refractivity contribution < 1.29 is 23.6 Å². The minimum Gasteiger partial charge on any atom is -0.474 e. The SMILES string of the molecule is COC(=O)C1(Oc2cc([N+](=O)[O-])c(F)cc2Cl)CC1. The number of carbonyl (C=O) groups excluding carboxylic acids is 1. The van der Waals surface area contributed by atoms with Gasteiger partial charge in [-0.1, -0.05) is 11.6 Å². The van der Waals surface area contributed by atoms with Crippen LogP contribution in [0.2, 0.25) is 5.02 Å². The number of rotatable bonds is 4. The minimum absolute atomic E-state index is 0.113. The van der Waals surface area contributed by atoms with Gasteiger partial charge in [-0.05, 0) is 0 Å². The van der Waals surface area contributed by atoms with Crippen molar-refractivity contribution in [2.75, 3.05) is 7.11 Å². The van der Waals surface area contributed by atoms with Gasteiger partial charge in [0.25, 0.3) is 0 Å². The van der Waals surface area contributed by atoms with Crippen molar-refractivity contribution in [3.63, 3.8) is 0 Å². The Balaban J connectivity index is 2.33. The van der Waals surface area contributed by atoms with Gasteiger partial charge in [0.2, 0.25) is 11.4 Å². The van der Waals surface area contributed by atoms with Gasteiger partial charge in [-0.15, -0.1) is 0 Å². The summed E-state index contributed by atoms with van der Waals surface area (Å²) in [6, 6.07) is 1.64. The molecule has 0 bridgehead atoms. The van der Waals surface area contributed by atoms with E-state index < -0.39 is 28.0 Å². The third kappa shape index (κ3) is 2.46. The van der Waals surface area contributed by atoms with E-state index in [1.54, 1.807) is 0 Å². The maximum Gasteiger partial charge on any atom is 0.350 e. The summed E-state index contributed by atoms with van der Waals surface area (Å²) in [5.74, 6) is -1.77. The maximum atomic E-state index is 13.3. The first-order valence-electron chi connectivity index (χ1n) is 5.30. The van der Waals surface area contributed by atoms with E-state index in [4.69, 9.17) is 16.3 Å². The predicted molar refractivity (Wildman–Crippen MR) is 62.7 cm³/mol. The van der Waals surface area contributed by atoms with Gasteiger partial charge in [0.05, 0.1) is 23.1 Å². The van der Waals surface area contributed by atoms with E-state index in [1.807, 2.05) is 0 Å². The lowest BCUT2D eigenvalue weighted by molar-refractivity contribution is -0.387. The van der Waals surface area contributed by atoms with Crippen LogP contribution in [0.1, 0.15) is 12.8 Å². The molecule has 1 aliphatic rings. The molecule has 0 N–H and O–H groups in total. The first-order valence-corrected chi connectivity index (χ1v) is 5.68. The Hall–Kier alpha value is -1.89. The van der Waals surface area contributed by atoms with Crippen molar-refractivity contribution in [2.45, 2.75) is 18.4 Å². The molecule has 0 amide bonds. The molecule has 0 spiro atoms. The van der Waals surface area contributed by atoms with Crippen LogP contribution in [0.15, 0.2) is 12.1 Å². The standard InChI is InChI=1S/C11H9ClFNO5/c1-18-10(15)11(2-3-11)19-9-5-8(14(16)17)7(13)4-6(9)12/h4-5H,2-3H2,1H3. The monoisotopic (exact) mass is 289 g/mol. The van der Waals surface area contributed by atoms with Crippen LogP contribution in [-0.2, 0) is 9.53 Å². The van der Waals surface area contributed by atoms with Crippen LogP contribution in [-0.4, -0.2) is 23.6 Å². The normalized spacial score (nSPS) is 15.7. The molecule has 0 saturated heterocycles. The maximum absolute atomic E-state index is 13.3. The highest BCUT2D eigenvalue weighted by molar-refractivity contribution is 6.32. The molecule has 8 heteroatoms. The number of hydrogen-bond donors (Lipinski definition) is 0. The molecular formula is C11H9ClFNO5. The predicted octanol–water partition coefficient (Wildman–Crippen LogP) is 2.47. The summed E-state index contributed by atoms with van der Waals surface area (Å²) in [5, 5.41) is 10.5. The molecule has 102 valence electrons. The summed E-state index contributed by atoms with van der Waals surface area (Å²) >= 11 is 5.75. The lowest BCUT2D eigenvalue weighted by atomic mass is 10.2. The van der Waals surface area contributed by atoms with Crippen LogP contribution in [0.5, 0.6) is 5.75 Å². The Bertz CT molecular complexity index is 558. The Labute approximate surface area is 112 Å². The van der Waals surface area contributed by atoms with Gasteiger partial charge in [0, 0.05) is 18.9 Å². The van der Waals surface area contributed by atoms with Crippen molar-refractivity contribution in [1.29, 1.82) is 0 Å². The number of benzene rings is 1. The minimum atomic E-state index is -1.16. The Morgan fingerprint density at radius 2 is 2.16 bits per heavy atom. The summed E-state index contributed by atoms with van der Waals surface area (Å²) in [5.41, 5.74) is -1.93. The molecule has 0 unspecified atom stereocenters. The van der Waals surface area contributed by atoms with Gasteiger partial charge >= 0.3 is 11.7 Å². The summed E-state index contributed by atoms with van der Waals surface area (Å²) in [6.45, 7) is 0. The summed E-state index contributed by atoms with van der Waals surface area (Å²) in [6.07, 6.45) is 0.836. The van der Waals surface area contributed by atoms with Crippen LogP contribution in [0.4, 0.5) is 10.1 Å². The van der Waals surface area contributed by atoms with Crippen LogP contribution in [0.3, 0.4) is 0 Å². The first kappa shape index (κ1) is 13.5. The van der Waals surface area contributed by atoms with E-state index in [0.29, 0.717) is 12.8 Å². The van der Waals surface area contributed by atoms with Crippen molar-refractivity contribution in [1.82, 2.24) is 0 Å². The van der Waals surface area contributed by atoms with E-state index in [-0.39, 0.29) is 10.8 Å². The number of ether oxygens (including phenoxy) is 2. The molecule has 1 saturated carbocycles. The quantitative estimate of drug-likeness (QED) is 0.483. The van der Waals surface area contributed by atoms with Crippen LogP contribution < -0.4 is 4.74 Å². The Morgan fingerprint density at radius 3 is 2.63 bits per heavy atom. The fraction of sp³-hybridized carbons (Fsp3) is 0.364. The number of esters is 1. The summed E-state index contributed by atoms with van der Waals surface area (Å²) in [4.78, 5) is 21.2. The molecular weight excluding hydrogens is 281 g/mol. The molecule has 2 rings (SSSR count). The second kappa shape index (κ2) is 4.65. The zero-order chi connectivity index (χ0) is 14.2. The third-order valence-corrected chi connectivity index (χ3v) is 3.06. The highest BCUT2D eigenvalue weighted by Crippen LogP contribution is 2.44. The Kier molecular flexibility index (Phi) is 3.32. The number of carbonyl (C=O) groups is 1. The number of halogens is 2. The number of nitrogens with zero attached hydrogens (tertiary/aromatic N) is 1. The summed E-state index contributed by atoms with van der Waals surface area (Å²) in [7, 11) is 1.21. The lowest BCUT2D eigenvalue weighted by Crippen LogP contribution is -2.30. The molecule has 0 aliphatic heterocycles.